The zero-order valence-corrected chi connectivity index (χ0v) is 13.7. The van der Waals surface area contributed by atoms with Crippen LogP contribution in [0.1, 0.15) is 30.6 Å². The van der Waals surface area contributed by atoms with Crippen LogP contribution in [0.25, 0.3) is 0 Å². The van der Waals surface area contributed by atoms with Gasteiger partial charge >= 0.3 is 0 Å². The van der Waals surface area contributed by atoms with Crippen molar-refractivity contribution in [3.63, 3.8) is 0 Å². The Hall–Kier alpha value is -1.30. The minimum atomic E-state index is -0.744. The number of rotatable bonds is 7. The molecule has 1 aromatic carbocycles. The number of halogens is 2. The quantitative estimate of drug-likeness (QED) is 0.834. The van der Waals surface area contributed by atoms with Crippen molar-refractivity contribution >= 4 is 23.4 Å². The fourth-order valence-electron chi connectivity index (χ4n) is 2.11. The Morgan fingerprint density at radius 3 is 2.33 bits per heavy atom. The van der Waals surface area contributed by atoms with Crippen LogP contribution in [0.2, 0.25) is 0 Å². The third-order valence-electron chi connectivity index (χ3n) is 3.34. The first kappa shape index (κ1) is 17.8. The molecule has 1 unspecified atom stereocenters. The largest absolute Gasteiger partial charge is 0.381 e. The molecular weight excluding hydrogens is 294 g/mol. The normalized spacial score (nSPS) is 12.1. The highest BCUT2D eigenvalue weighted by Crippen LogP contribution is 2.22. The highest BCUT2D eigenvalue weighted by atomic mass is 32.2. The maximum Gasteiger partial charge on any atom is 0.254 e. The molecule has 0 bridgehead atoms. The van der Waals surface area contributed by atoms with Crippen LogP contribution in [0.5, 0.6) is 0 Å². The van der Waals surface area contributed by atoms with Crippen LogP contribution >= 0.6 is 11.8 Å². The molecule has 0 saturated heterocycles. The van der Waals surface area contributed by atoms with Crippen LogP contribution in [0.4, 0.5) is 14.5 Å². The Bertz CT molecular complexity index is 474. The van der Waals surface area contributed by atoms with Crippen LogP contribution in [-0.4, -0.2) is 42.4 Å². The van der Waals surface area contributed by atoms with Crippen LogP contribution in [-0.2, 0) is 0 Å². The number of hydrogen-bond donors (Lipinski definition) is 1. The first-order chi connectivity index (χ1) is 9.96. The van der Waals surface area contributed by atoms with E-state index in [2.05, 4.69) is 5.32 Å². The maximum absolute atomic E-state index is 13.9. The second-order valence-electron chi connectivity index (χ2n) is 4.78. The molecule has 21 heavy (non-hydrogen) atoms. The lowest BCUT2D eigenvalue weighted by Crippen LogP contribution is -2.38. The summed E-state index contributed by atoms with van der Waals surface area (Å²) in [6.45, 7) is 4.15. The molecule has 1 amide bonds. The Balaban J connectivity index is 3.02. The molecule has 1 N–H and O–H groups in total. The molecule has 0 aliphatic rings. The van der Waals surface area contributed by atoms with Gasteiger partial charge < -0.3 is 10.2 Å². The van der Waals surface area contributed by atoms with Gasteiger partial charge in [0.1, 0.15) is 17.3 Å². The summed E-state index contributed by atoms with van der Waals surface area (Å²) in [4.78, 5) is 13.9. The van der Waals surface area contributed by atoms with Gasteiger partial charge in [0.25, 0.3) is 5.91 Å². The lowest BCUT2D eigenvalue weighted by Gasteiger charge is -2.27. The number of carbonyl (C=O) groups excluding carboxylic acids is 1. The van der Waals surface area contributed by atoms with E-state index < -0.39 is 11.6 Å². The van der Waals surface area contributed by atoms with Crippen LogP contribution < -0.4 is 5.32 Å². The zero-order chi connectivity index (χ0) is 16.0. The van der Waals surface area contributed by atoms with Crippen molar-refractivity contribution in [2.45, 2.75) is 26.3 Å². The summed E-state index contributed by atoms with van der Waals surface area (Å²) < 4.78 is 27.8. The third-order valence-corrected chi connectivity index (χ3v) is 4.06. The highest BCUT2D eigenvalue weighted by Gasteiger charge is 2.22. The molecule has 0 fully saturated rings. The standard InChI is InChI=1S/C15H22F2N2OS/c1-5-11(9-21-4)19(3)15(20)10-7-12(16)14(18-6-2)13(17)8-10/h7-8,11,18H,5-6,9H2,1-4H3. The lowest BCUT2D eigenvalue weighted by atomic mass is 10.1. The summed E-state index contributed by atoms with van der Waals surface area (Å²) in [5.41, 5.74) is -0.151. The van der Waals surface area contributed by atoms with Crippen LogP contribution in [0.15, 0.2) is 12.1 Å². The van der Waals surface area contributed by atoms with Crippen LogP contribution in [0.3, 0.4) is 0 Å². The SMILES string of the molecule is CCNc1c(F)cc(C(=O)N(C)C(CC)CSC)cc1F. The predicted molar refractivity (Wildman–Crippen MR) is 85.1 cm³/mol. The lowest BCUT2D eigenvalue weighted by molar-refractivity contribution is 0.0742. The van der Waals surface area contributed by atoms with E-state index in [0.29, 0.717) is 6.54 Å². The van der Waals surface area contributed by atoms with E-state index in [0.717, 1.165) is 24.3 Å². The molecule has 0 radical (unpaired) electrons. The van der Waals surface area contributed by atoms with Gasteiger partial charge in [0, 0.05) is 31.0 Å². The molecule has 1 aromatic rings. The number of carbonyl (C=O) groups is 1. The van der Waals surface area contributed by atoms with E-state index in [9.17, 15) is 13.6 Å². The van der Waals surface area contributed by atoms with E-state index in [1.54, 1.807) is 30.6 Å². The number of hydrogen-bond acceptors (Lipinski definition) is 3. The van der Waals surface area contributed by atoms with E-state index in [-0.39, 0.29) is 23.2 Å². The molecular formula is C15H22F2N2OS. The number of benzene rings is 1. The van der Waals surface area contributed by atoms with Crippen molar-refractivity contribution in [1.29, 1.82) is 0 Å². The van der Waals surface area contributed by atoms with Crippen molar-refractivity contribution in [2.24, 2.45) is 0 Å². The second kappa shape index (κ2) is 8.22. The zero-order valence-electron chi connectivity index (χ0n) is 12.9. The molecule has 0 aliphatic heterocycles. The van der Waals surface area contributed by atoms with Gasteiger partial charge in [0.2, 0.25) is 0 Å². The van der Waals surface area contributed by atoms with Gasteiger partial charge in [-0.15, -0.1) is 0 Å². The number of anilines is 1. The summed E-state index contributed by atoms with van der Waals surface area (Å²) in [6.07, 6.45) is 2.76. The molecule has 6 heteroatoms. The van der Waals surface area contributed by atoms with Crippen molar-refractivity contribution in [1.82, 2.24) is 4.90 Å². The molecule has 0 heterocycles. The maximum atomic E-state index is 13.9. The molecule has 0 spiro atoms. The number of amides is 1. The fourth-order valence-corrected chi connectivity index (χ4v) is 2.95. The van der Waals surface area contributed by atoms with Gasteiger partial charge in [0.15, 0.2) is 0 Å². The van der Waals surface area contributed by atoms with Crippen molar-refractivity contribution in [3.05, 3.63) is 29.3 Å². The Morgan fingerprint density at radius 2 is 1.90 bits per heavy atom. The fraction of sp³-hybridized carbons (Fsp3) is 0.533. The predicted octanol–water partition coefficient (Wildman–Crippen LogP) is 3.61. The molecule has 0 aromatic heterocycles. The first-order valence-electron chi connectivity index (χ1n) is 6.95. The van der Waals surface area contributed by atoms with Crippen molar-refractivity contribution in [3.8, 4) is 0 Å². The minimum Gasteiger partial charge on any atom is -0.381 e. The number of thioether (sulfide) groups is 1. The molecule has 3 nitrogen and oxygen atoms in total. The molecule has 1 rings (SSSR count). The number of nitrogens with zero attached hydrogens (tertiary/aromatic N) is 1. The second-order valence-corrected chi connectivity index (χ2v) is 5.69. The highest BCUT2D eigenvalue weighted by molar-refractivity contribution is 7.98. The van der Waals surface area contributed by atoms with Gasteiger partial charge in [-0.05, 0) is 31.7 Å². The summed E-state index contributed by atoms with van der Waals surface area (Å²) in [5, 5.41) is 2.62. The summed E-state index contributed by atoms with van der Waals surface area (Å²) in [6, 6.07) is 2.23. The monoisotopic (exact) mass is 316 g/mol. The van der Waals surface area contributed by atoms with Gasteiger partial charge in [-0.2, -0.15) is 11.8 Å². The number of nitrogens with one attached hydrogen (secondary N) is 1. The van der Waals surface area contributed by atoms with E-state index in [1.165, 1.54) is 0 Å². The van der Waals surface area contributed by atoms with Crippen molar-refractivity contribution < 1.29 is 13.6 Å². The minimum absolute atomic E-state index is 0.0358. The summed E-state index contributed by atoms with van der Waals surface area (Å²) in [7, 11) is 1.67. The van der Waals surface area contributed by atoms with Gasteiger partial charge in [-0.25, -0.2) is 8.78 Å². The smallest absolute Gasteiger partial charge is 0.254 e. The summed E-state index contributed by atoms with van der Waals surface area (Å²) >= 11 is 1.64. The average molecular weight is 316 g/mol. The van der Waals surface area contributed by atoms with Crippen LogP contribution in [0, 0.1) is 11.6 Å². The first-order valence-corrected chi connectivity index (χ1v) is 8.34. The Morgan fingerprint density at radius 1 is 1.33 bits per heavy atom. The van der Waals surface area contributed by atoms with Gasteiger partial charge in [-0.3, -0.25) is 4.79 Å². The van der Waals surface area contributed by atoms with E-state index in [1.807, 2.05) is 13.2 Å². The topological polar surface area (TPSA) is 32.3 Å². The van der Waals surface area contributed by atoms with Gasteiger partial charge in [-0.1, -0.05) is 6.92 Å². The Kier molecular flexibility index (Phi) is 6.95. The van der Waals surface area contributed by atoms with E-state index in [4.69, 9.17) is 0 Å². The van der Waals surface area contributed by atoms with Crippen molar-refractivity contribution in [2.75, 3.05) is 30.9 Å². The molecule has 0 saturated carbocycles. The molecule has 0 aliphatic carbocycles. The molecule has 118 valence electrons. The van der Waals surface area contributed by atoms with E-state index >= 15 is 0 Å². The summed E-state index contributed by atoms with van der Waals surface area (Å²) in [5.74, 6) is -1.06. The molecule has 1 atom stereocenters. The average Bonchev–Trinajstić information content (AvgIpc) is 2.46. The Labute approximate surface area is 129 Å². The van der Waals surface area contributed by atoms with Gasteiger partial charge in [0.05, 0.1) is 0 Å². The third kappa shape index (κ3) is 4.33.